The van der Waals surface area contributed by atoms with E-state index in [1.54, 1.807) is 7.11 Å². The third-order valence-corrected chi connectivity index (χ3v) is 9.25. The molecule has 1 amide bonds. The minimum Gasteiger partial charge on any atom is -0.497 e. The number of aryl methyl sites for hydroxylation is 2. The van der Waals surface area contributed by atoms with Gasteiger partial charge in [0.05, 0.1) is 13.5 Å². The molecule has 0 spiro atoms. The number of hydrogen-bond donors (Lipinski definition) is 1. The number of esters is 1. The van der Waals surface area contributed by atoms with Crippen LogP contribution in [0.2, 0.25) is 0 Å². The van der Waals surface area contributed by atoms with E-state index in [0.29, 0.717) is 6.54 Å². The predicted octanol–water partition coefficient (Wildman–Crippen LogP) is 6.61. The number of nitrogens with one attached hydrogen (secondary N) is 1. The zero-order valence-corrected chi connectivity index (χ0v) is 28.0. The molecule has 2 fully saturated rings. The molecule has 2 aromatic rings. The van der Waals surface area contributed by atoms with Gasteiger partial charge in [-0.3, -0.25) is 9.59 Å². The number of carbonyl (C=O) groups is 2. The maximum atomic E-state index is 13.1. The van der Waals surface area contributed by atoms with Crippen LogP contribution in [0.3, 0.4) is 0 Å². The minimum absolute atomic E-state index is 0.0501. The second kappa shape index (κ2) is 14.4. The highest BCUT2D eigenvalue weighted by atomic mass is 16.6. The lowest BCUT2D eigenvalue weighted by molar-refractivity contribution is -0.152. The van der Waals surface area contributed by atoms with E-state index in [1.165, 1.54) is 24.8 Å². The van der Waals surface area contributed by atoms with E-state index < -0.39 is 6.10 Å². The van der Waals surface area contributed by atoms with Crippen molar-refractivity contribution in [3.8, 4) is 11.5 Å². The number of rotatable bonds is 14. The highest BCUT2D eigenvalue weighted by molar-refractivity contribution is 5.81. The molecule has 0 aromatic heterocycles. The summed E-state index contributed by atoms with van der Waals surface area (Å²) in [5.41, 5.74) is 2.54. The van der Waals surface area contributed by atoms with E-state index in [9.17, 15) is 9.59 Å². The van der Waals surface area contributed by atoms with Crippen molar-refractivity contribution >= 4 is 11.9 Å². The fraction of sp³-hybridized carbons (Fsp3) is 0.622. The Labute approximate surface area is 265 Å². The lowest BCUT2D eigenvalue weighted by Gasteiger charge is -2.58. The summed E-state index contributed by atoms with van der Waals surface area (Å²) in [4.78, 5) is 28.0. The first-order chi connectivity index (χ1) is 20.8. The molecule has 2 aromatic carbocycles. The lowest BCUT2D eigenvalue weighted by atomic mass is 9.50. The molecular weight excluding hydrogens is 552 g/mol. The summed E-state index contributed by atoms with van der Waals surface area (Å²) in [6.07, 6.45) is 7.01. The molecule has 7 heteroatoms. The van der Waals surface area contributed by atoms with Gasteiger partial charge in [0, 0.05) is 18.5 Å². The van der Waals surface area contributed by atoms with Crippen molar-refractivity contribution in [3.05, 3.63) is 59.7 Å². The summed E-state index contributed by atoms with van der Waals surface area (Å²) >= 11 is 0. The standard InChI is InChI=1S/C37H54N2O5/c1-27-20-35(2)24-36(3,21-27)26-37(4,25-35)38-33(40)17-18-34(41)44-31(22-39(5)6)23-43-32-14-9-8-12-29(32)16-15-28-11-10-13-30(19-28)42-7/h8-14,19,27,31H,15-18,20-26H2,1-7H3,(H,38,40)/t27?,31-,35?,36?,37?/m1/s1. The zero-order chi connectivity index (χ0) is 32.0. The van der Waals surface area contributed by atoms with E-state index >= 15 is 0 Å². The summed E-state index contributed by atoms with van der Waals surface area (Å²) in [5, 5.41) is 3.33. The molecule has 2 saturated carbocycles. The Bertz CT molecular complexity index is 1260. The van der Waals surface area contributed by atoms with Gasteiger partial charge in [-0.1, -0.05) is 51.1 Å². The van der Waals surface area contributed by atoms with Gasteiger partial charge in [-0.25, -0.2) is 0 Å². The van der Waals surface area contributed by atoms with Crippen LogP contribution in [0.5, 0.6) is 11.5 Å². The Balaban J connectivity index is 1.28. The van der Waals surface area contributed by atoms with Crippen LogP contribution >= 0.6 is 0 Å². The van der Waals surface area contributed by atoms with Crippen LogP contribution in [-0.4, -0.2) is 62.8 Å². The lowest BCUT2D eigenvalue weighted by Crippen LogP contribution is -2.58. The summed E-state index contributed by atoms with van der Waals surface area (Å²) in [7, 11) is 5.56. The fourth-order valence-corrected chi connectivity index (χ4v) is 8.77. The molecule has 2 unspecified atom stereocenters. The maximum absolute atomic E-state index is 13.1. The van der Waals surface area contributed by atoms with Crippen LogP contribution in [0, 0.1) is 16.7 Å². The van der Waals surface area contributed by atoms with E-state index in [4.69, 9.17) is 14.2 Å². The highest BCUT2D eigenvalue weighted by Crippen LogP contribution is 2.59. The third kappa shape index (κ3) is 9.72. The van der Waals surface area contributed by atoms with Gasteiger partial charge in [-0.05, 0) is 112 Å². The van der Waals surface area contributed by atoms with Crippen LogP contribution in [0.15, 0.2) is 48.5 Å². The number of nitrogens with zero attached hydrogens (tertiary/aromatic N) is 1. The SMILES string of the molecule is COc1cccc(CCc2ccccc2OC[C@@H](CN(C)C)OC(=O)CCC(=O)NC2(C)CC3(C)CC(C)CC(C)(C3)C2)c1. The number of carbonyl (C=O) groups excluding carboxylic acids is 2. The van der Waals surface area contributed by atoms with Crippen LogP contribution in [0.4, 0.5) is 0 Å². The molecule has 0 aliphatic heterocycles. The van der Waals surface area contributed by atoms with Crippen molar-refractivity contribution in [1.82, 2.24) is 10.2 Å². The molecule has 3 atom stereocenters. The Hall–Kier alpha value is -3.06. The molecule has 2 aliphatic rings. The average Bonchev–Trinajstić information content (AvgIpc) is 2.91. The number of hydrogen-bond acceptors (Lipinski definition) is 6. The molecule has 44 heavy (non-hydrogen) atoms. The third-order valence-electron chi connectivity index (χ3n) is 9.25. The quantitative estimate of drug-likeness (QED) is 0.244. The van der Waals surface area contributed by atoms with Gasteiger partial charge in [-0.2, -0.15) is 0 Å². The van der Waals surface area contributed by atoms with E-state index in [1.807, 2.05) is 49.3 Å². The van der Waals surface area contributed by atoms with Gasteiger partial charge in [0.15, 0.2) is 0 Å². The Morgan fingerprint density at radius 1 is 0.955 bits per heavy atom. The smallest absolute Gasteiger partial charge is 0.306 e. The first-order valence-corrected chi connectivity index (χ1v) is 16.3. The van der Waals surface area contributed by atoms with Gasteiger partial charge in [0.1, 0.15) is 24.2 Å². The van der Waals surface area contributed by atoms with Crippen molar-refractivity contribution < 1.29 is 23.8 Å². The van der Waals surface area contributed by atoms with E-state index in [-0.39, 0.29) is 47.7 Å². The van der Waals surface area contributed by atoms with Crippen LogP contribution < -0.4 is 14.8 Å². The summed E-state index contributed by atoms with van der Waals surface area (Å²) < 4.78 is 17.4. The van der Waals surface area contributed by atoms with Gasteiger partial charge in [0.2, 0.25) is 5.91 Å². The zero-order valence-electron chi connectivity index (χ0n) is 28.0. The molecule has 1 N–H and O–H groups in total. The number of likely N-dealkylation sites (N-methyl/N-ethyl adjacent to an activating group) is 1. The van der Waals surface area contributed by atoms with Crippen molar-refractivity contribution in [2.24, 2.45) is 16.7 Å². The van der Waals surface area contributed by atoms with Gasteiger partial charge in [-0.15, -0.1) is 0 Å². The second-order valence-electron chi connectivity index (χ2n) is 14.9. The predicted molar refractivity (Wildman–Crippen MR) is 175 cm³/mol. The Morgan fingerprint density at radius 2 is 1.66 bits per heavy atom. The number of methoxy groups -OCH3 is 1. The highest BCUT2D eigenvalue weighted by Gasteiger charge is 2.52. The first kappa shape index (κ1) is 33.8. The minimum atomic E-state index is -0.455. The topological polar surface area (TPSA) is 77.1 Å². The average molecular weight is 607 g/mol. The number of amides is 1. The van der Waals surface area contributed by atoms with Crippen LogP contribution in [-0.2, 0) is 27.2 Å². The van der Waals surface area contributed by atoms with Crippen LogP contribution in [0.1, 0.15) is 83.8 Å². The second-order valence-corrected chi connectivity index (χ2v) is 14.9. The summed E-state index contributed by atoms with van der Waals surface area (Å²) in [5.74, 6) is 1.91. The molecule has 0 heterocycles. The molecule has 7 nitrogen and oxygen atoms in total. The van der Waals surface area contributed by atoms with Crippen molar-refractivity contribution in [2.45, 2.75) is 97.1 Å². The van der Waals surface area contributed by atoms with Crippen molar-refractivity contribution in [2.75, 3.05) is 34.4 Å². The largest absolute Gasteiger partial charge is 0.497 e. The van der Waals surface area contributed by atoms with Gasteiger partial charge in [0.25, 0.3) is 0 Å². The Kier molecular flexibility index (Phi) is 11.0. The molecule has 2 bridgehead atoms. The first-order valence-electron chi connectivity index (χ1n) is 16.3. The van der Waals surface area contributed by atoms with Crippen LogP contribution in [0.25, 0.3) is 0 Å². The molecule has 0 saturated heterocycles. The number of ether oxygens (including phenoxy) is 3. The normalized spacial score (nSPS) is 27.0. The van der Waals surface area contributed by atoms with Crippen molar-refractivity contribution in [3.63, 3.8) is 0 Å². The molecular formula is C37H54N2O5. The van der Waals surface area contributed by atoms with Crippen molar-refractivity contribution in [1.29, 1.82) is 0 Å². The van der Waals surface area contributed by atoms with Gasteiger partial charge < -0.3 is 24.4 Å². The monoisotopic (exact) mass is 606 g/mol. The van der Waals surface area contributed by atoms with E-state index in [2.05, 4.69) is 51.2 Å². The molecule has 2 aliphatic carbocycles. The number of benzene rings is 2. The molecule has 0 radical (unpaired) electrons. The summed E-state index contributed by atoms with van der Waals surface area (Å²) in [6.45, 7) is 10.1. The Morgan fingerprint density at radius 3 is 2.34 bits per heavy atom. The summed E-state index contributed by atoms with van der Waals surface area (Å²) in [6, 6.07) is 16.1. The van der Waals surface area contributed by atoms with E-state index in [0.717, 1.165) is 48.7 Å². The number of fused-ring (bicyclic) bond motifs is 2. The fourth-order valence-electron chi connectivity index (χ4n) is 8.77. The molecule has 4 rings (SSSR count). The molecule has 242 valence electrons. The van der Waals surface area contributed by atoms with Gasteiger partial charge >= 0.3 is 5.97 Å². The number of para-hydroxylation sites is 1. The maximum Gasteiger partial charge on any atom is 0.306 e.